The van der Waals surface area contributed by atoms with E-state index >= 15 is 0 Å². The zero-order chi connectivity index (χ0) is 13.1. The molecule has 1 atom stereocenters. The van der Waals surface area contributed by atoms with E-state index in [-0.39, 0.29) is 6.04 Å². The smallest absolute Gasteiger partial charge is 0.0729 e. The van der Waals surface area contributed by atoms with E-state index in [1.54, 1.807) is 11.3 Å². The van der Waals surface area contributed by atoms with Crippen molar-refractivity contribution in [2.24, 2.45) is 5.73 Å². The first kappa shape index (κ1) is 14.2. The molecule has 18 heavy (non-hydrogen) atoms. The van der Waals surface area contributed by atoms with Crippen LogP contribution in [-0.4, -0.2) is 6.54 Å². The van der Waals surface area contributed by atoms with Crippen LogP contribution in [0.3, 0.4) is 0 Å². The zero-order valence-corrected chi connectivity index (χ0v) is 13.2. The van der Waals surface area contributed by atoms with E-state index in [4.69, 9.17) is 28.9 Å². The predicted molar refractivity (Wildman–Crippen MR) is 83.9 cm³/mol. The molecule has 0 amide bonds. The molecule has 0 bridgehead atoms. The van der Waals surface area contributed by atoms with Crippen LogP contribution >= 0.6 is 50.5 Å². The summed E-state index contributed by atoms with van der Waals surface area (Å²) in [4.78, 5) is 1.12. The average Bonchev–Trinajstić information content (AvgIpc) is 2.77. The van der Waals surface area contributed by atoms with Crippen molar-refractivity contribution in [2.75, 3.05) is 11.9 Å². The number of hydrogen-bond acceptors (Lipinski definition) is 3. The first-order valence-corrected chi connectivity index (χ1v) is 7.68. The van der Waals surface area contributed by atoms with Gasteiger partial charge in [0.15, 0.2) is 0 Å². The Hall–Kier alpha value is -0.260. The molecule has 0 fully saturated rings. The van der Waals surface area contributed by atoms with Gasteiger partial charge in [-0.3, -0.25) is 0 Å². The van der Waals surface area contributed by atoms with Gasteiger partial charge in [0.2, 0.25) is 0 Å². The van der Waals surface area contributed by atoms with Gasteiger partial charge in [0.25, 0.3) is 0 Å². The average molecular weight is 366 g/mol. The molecule has 2 rings (SSSR count). The van der Waals surface area contributed by atoms with Crippen molar-refractivity contribution in [3.63, 3.8) is 0 Å². The van der Waals surface area contributed by atoms with Crippen molar-refractivity contribution < 1.29 is 0 Å². The summed E-state index contributed by atoms with van der Waals surface area (Å²) < 4.78 is 0.856. The summed E-state index contributed by atoms with van der Waals surface area (Å²) in [6.07, 6.45) is 0. The number of nitrogens with one attached hydrogen (secondary N) is 1. The highest BCUT2D eigenvalue weighted by Gasteiger charge is 2.12. The molecular formula is C12H11BrCl2N2S. The summed E-state index contributed by atoms with van der Waals surface area (Å²) >= 11 is 16.9. The number of benzene rings is 1. The summed E-state index contributed by atoms with van der Waals surface area (Å²) in [5, 5.41) is 6.69. The van der Waals surface area contributed by atoms with Crippen LogP contribution in [0.2, 0.25) is 10.0 Å². The summed E-state index contributed by atoms with van der Waals surface area (Å²) in [6.45, 7) is 0.497. The molecule has 1 heterocycles. The van der Waals surface area contributed by atoms with Crippen LogP contribution in [0.25, 0.3) is 0 Å². The van der Waals surface area contributed by atoms with Crippen LogP contribution in [-0.2, 0) is 0 Å². The number of halogens is 3. The van der Waals surface area contributed by atoms with Crippen molar-refractivity contribution in [1.29, 1.82) is 0 Å². The molecular weight excluding hydrogens is 355 g/mol. The van der Waals surface area contributed by atoms with Crippen molar-refractivity contribution in [3.05, 3.63) is 49.0 Å². The van der Waals surface area contributed by atoms with Gasteiger partial charge >= 0.3 is 0 Å². The maximum atomic E-state index is 5.96. The SMILES string of the molecule is NCC(Nc1ccc(Cl)c(Br)c1)c1cc(Cl)cs1. The Morgan fingerprint density at radius 2 is 2.11 bits per heavy atom. The molecule has 0 saturated carbocycles. The van der Waals surface area contributed by atoms with Gasteiger partial charge in [-0.2, -0.15) is 0 Å². The number of anilines is 1. The number of thiophene rings is 1. The maximum Gasteiger partial charge on any atom is 0.0729 e. The minimum absolute atomic E-state index is 0.0515. The Bertz CT molecular complexity index is 545. The second-order valence-electron chi connectivity index (χ2n) is 3.73. The Balaban J connectivity index is 2.17. The lowest BCUT2D eigenvalue weighted by atomic mass is 10.2. The minimum Gasteiger partial charge on any atom is -0.376 e. The van der Waals surface area contributed by atoms with Crippen LogP contribution < -0.4 is 11.1 Å². The summed E-state index contributed by atoms with van der Waals surface area (Å²) in [7, 11) is 0. The lowest BCUT2D eigenvalue weighted by Gasteiger charge is -2.17. The highest BCUT2D eigenvalue weighted by Crippen LogP contribution is 2.30. The van der Waals surface area contributed by atoms with E-state index < -0.39 is 0 Å². The largest absolute Gasteiger partial charge is 0.376 e. The number of hydrogen-bond donors (Lipinski definition) is 2. The maximum absolute atomic E-state index is 5.96. The third kappa shape index (κ3) is 3.39. The quantitative estimate of drug-likeness (QED) is 0.806. The second kappa shape index (κ2) is 6.26. The van der Waals surface area contributed by atoms with Gasteiger partial charge in [0.1, 0.15) is 0 Å². The van der Waals surface area contributed by atoms with Crippen LogP contribution in [0.4, 0.5) is 5.69 Å². The van der Waals surface area contributed by atoms with Crippen molar-refractivity contribution >= 4 is 56.2 Å². The highest BCUT2D eigenvalue weighted by atomic mass is 79.9. The Kier molecular flexibility index (Phi) is 4.92. The van der Waals surface area contributed by atoms with Crippen LogP contribution in [0.5, 0.6) is 0 Å². The molecule has 0 aliphatic carbocycles. The lowest BCUT2D eigenvalue weighted by Crippen LogP contribution is -2.19. The third-order valence-electron chi connectivity index (χ3n) is 2.43. The molecule has 1 aromatic heterocycles. The fourth-order valence-electron chi connectivity index (χ4n) is 1.54. The van der Waals surface area contributed by atoms with Crippen LogP contribution in [0.15, 0.2) is 34.1 Å². The van der Waals surface area contributed by atoms with Gasteiger partial charge < -0.3 is 11.1 Å². The van der Waals surface area contributed by atoms with Gasteiger partial charge in [0, 0.05) is 27.0 Å². The topological polar surface area (TPSA) is 38.0 Å². The predicted octanol–water partition coefficient (Wildman–Crippen LogP) is 4.93. The standard InChI is InChI=1S/C12H11BrCl2N2S/c13-9-4-8(1-2-10(9)15)17-11(5-16)12-3-7(14)6-18-12/h1-4,6,11,17H,5,16H2. The molecule has 2 nitrogen and oxygen atoms in total. The molecule has 0 aliphatic heterocycles. The van der Waals surface area contributed by atoms with E-state index in [1.807, 2.05) is 29.6 Å². The molecule has 6 heteroatoms. The summed E-state index contributed by atoms with van der Waals surface area (Å²) in [6, 6.07) is 7.67. The van der Waals surface area contributed by atoms with Gasteiger partial charge in [0.05, 0.1) is 16.1 Å². The number of rotatable bonds is 4. The molecule has 1 aromatic carbocycles. The molecule has 0 saturated heterocycles. The highest BCUT2D eigenvalue weighted by molar-refractivity contribution is 9.10. The van der Waals surface area contributed by atoms with Crippen molar-refractivity contribution in [3.8, 4) is 0 Å². The fourth-order valence-corrected chi connectivity index (χ4v) is 3.19. The van der Waals surface area contributed by atoms with Crippen LogP contribution in [0, 0.1) is 0 Å². The van der Waals surface area contributed by atoms with Crippen LogP contribution in [0.1, 0.15) is 10.9 Å². The lowest BCUT2D eigenvalue weighted by molar-refractivity contribution is 0.806. The van der Waals surface area contributed by atoms with Gasteiger partial charge in [-0.05, 0) is 40.2 Å². The van der Waals surface area contributed by atoms with E-state index in [1.165, 1.54) is 0 Å². The molecule has 1 unspecified atom stereocenters. The third-order valence-corrected chi connectivity index (χ3v) is 5.04. The Labute approximate surface area is 128 Å². The molecule has 96 valence electrons. The van der Waals surface area contributed by atoms with E-state index in [0.29, 0.717) is 11.6 Å². The summed E-state index contributed by atoms with van der Waals surface area (Å²) in [5.41, 5.74) is 6.76. The molecule has 0 spiro atoms. The van der Waals surface area contributed by atoms with E-state index in [9.17, 15) is 0 Å². The molecule has 3 N–H and O–H groups in total. The Morgan fingerprint density at radius 1 is 1.33 bits per heavy atom. The first-order valence-electron chi connectivity index (χ1n) is 5.25. The molecule has 2 aromatic rings. The number of nitrogens with two attached hydrogens (primary N) is 1. The summed E-state index contributed by atoms with van der Waals surface area (Å²) in [5.74, 6) is 0. The van der Waals surface area contributed by atoms with Crippen molar-refractivity contribution in [1.82, 2.24) is 0 Å². The van der Waals surface area contributed by atoms with Gasteiger partial charge in [-0.15, -0.1) is 11.3 Å². The first-order chi connectivity index (χ1) is 8.60. The minimum atomic E-state index is 0.0515. The van der Waals surface area contributed by atoms with E-state index in [2.05, 4.69) is 21.2 Å². The van der Waals surface area contributed by atoms with Gasteiger partial charge in [-0.1, -0.05) is 23.2 Å². The normalized spacial score (nSPS) is 12.4. The van der Waals surface area contributed by atoms with Gasteiger partial charge in [-0.25, -0.2) is 0 Å². The Morgan fingerprint density at radius 3 is 2.67 bits per heavy atom. The monoisotopic (exact) mass is 364 g/mol. The zero-order valence-electron chi connectivity index (χ0n) is 9.29. The second-order valence-corrected chi connectivity index (χ2v) is 6.37. The van der Waals surface area contributed by atoms with E-state index in [0.717, 1.165) is 20.1 Å². The van der Waals surface area contributed by atoms with Crippen molar-refractivity contribution in [2.45, 2.75) is 6.04 Å². The molecule has 0 aliphatic rings. The molecule has 0 radical (unpaired) electrons. The fraction of sp³-hybridized carbons (Fsp3) is 0.167.